The minimum absolute atomic E-state index is 1.98. The van der Waals surface area contributed by atoms with Gasteiger partial charge in [0, 0.05) is 0 Å². The first-order valence-electron chi connectivity index (χ1n) is 4.09. The zero-order chi connectivity index (χ0) is 14.5. The van der Waals surface area contributed by atoms with Crippen molar-refractivity contribution in [2.24, 2.45) is 0 Å². The normalized spacial score (nSPS) is 12.9. The Bertz CT molecular complexity index is 413. The van der Waals surface area contributed by atoms with Gasteiger partial charge in [0.1, 0.15) is 11.1 Å². The lowest BCUT2D eigenvalue weighted by molar-refractivity contribution is -0.143. The Kier molecular flexibility index (Phi) is 3.09. The van der Waals surface area contributed by atoms with E-state index >= 15 is 0 Å². The average Bonchev–Trinajstić information content (AvgIpc) is 2.10. The molecule has 1 rings (SSSR count). The van der Waals surface area contributed by atoms with Gasteiger partial charge in [0.05, 0.1) is 11.4 Å². The number of anilines is 2. The van der Waals surface area contributed by atoms with Crippen LogP contribution < -0.4 is 11.5 Å². The standard InChI is InChI=1S/C8H4F8N2/c9-3-1(7(11,12)13)5(17)4(10)2(6(3)18)8(14,15)16/h17-18H2. The van der Waals surface area contributed by atoms with Gasteiger partial charge in [-0.05, 0) is 0 Å². The number of halogens is 8. The minimum Gasteiger partial charge on any atom is -0.396 e. The number of benzene rings is 1. The van der Waals surface area contributed by atoms with Crippen LogP contribution in [0.15, 0.2) is 0 Å². The van der Waals surface area contributed by atoms with Crippen molar-refractivity contribution in [2.75, 3.05) is 11.5 Å². The van der Waals surface area contributed by atoms with E-state index in [-0.39, 0.29) is 0 Å². The number of nitrogens with two attached hydrogens (primary N) is 2. The Morgan fingerprint density at radius 1 is 0.611 bits per heavy atom. The highest BCUT2D eigenvalue weighted by Gasteiger charge is 2.45. The first kappa shape index (κ1) is 14.3. The molecule has 0 bridgehead atoms. The molecular formula is C8H4F8N2. The molecule has 1 aromatic rings. The Labute approximate surface area is 94.2 Å². The van der Waals surface area contributed by atoms with Crippen LogP contribution in [0.3, 0.4) is 0 Å². The maximum atomic E-state index is 13.1. The lowest BCUT2D eigenvalue weighted by Gasteiger charge is -2.18. The van der Waals surface area contributed by atoms with Gasteiger partial charge in [-0.15, -0.1) is 0 Å². The fraction of sp³-hybridized carbons (Fsp3) is 0.250. The third kappa shape index (κ3) is 2.14. The zero-order valence-corrected chi connectivity index (χ0v) is 8.18. The summed E-state index contributed by atoms with van der Waals surface area (Å²) in [5.41, 5.74) is 0.409. The Morgan fingerprint density at radius 3 is 1.00 bits per heavy atom. The lowest BCUT2D eigenvalue weighted by Crippen LogP contribution is -2.21. The van der Waals surface area contributed by atoms with Gasteiger partial charge >= 0.3 is 12.4 Å². The van der Waals surface area contributed by atoms with Crippen LogP contribution in [0.4, 0.5) is 46.5 Å². The first-order valence-corrected chi connectivity index (χ1v) is 4.09. The van der Waals surface area contributed by atoms with Crippen molar-refractivity contribution in [3.8, 4) is 0 Å². The van der Waals surface area contributed by atoms with Crippen LogP contribution in [0, 0.1) is 11.6 Å². The van der Waals surface area contributed by atoms with Gasteiger partial charge in [0.15, 0.2) is 11.6 Å². The summed E-state index contributed by atoms with van der Waals surface area (Å²) < 4.78 is 99.9. The molecule has 0 unspecified atom stereocenters. The fourth-order valence-electron chi connectivity index (χ4n) is 1.28. The van der Waals surface area contributed by atoms with Crippen LogP contribution >= 0.6 is 0 Å². The average molecular weight is 280 g/mol. The summed E-state index contributed by atoms with van der Waals surface area (Å²) >= 11 is 0. The van der Waals surface area contributed by atoms with Gasteiger partial charge in [-0.2, -0.15) is 26.3 Å². The predicted octanol–water partition coefficient (Wildman–Crippen LogP) is 3.17. The van der Waals surface area contributed by atoms with Crippen molar-refractivity contribution in [2.45, 2.75) is 12.4 Å². The minimum atomic E-state index is -5.47. The van der Waals surface area contributed by atoms with Crippen molar-refractivity contribution in [3.05, 3.63) is 22.8 Å². The molecule has 0 saturated carbocycles. The molecule has 0 radical (unpaired) electrons. The lowest BCUT2D eigenvalue weighted by atomic mass is 10.0. The highest BCUT2D eigenvalue weighted by Crippen LogP contribution is 2.45. The molecule has 4 N–H and O–H groups in total. The van der Waals surface area contributed by atoms with Crippen molar-refractivity contribution in [1.82, 2.24) is 0 Å². The molecule has 0 atom stereocenters. The smallest absolute Gasteiger partial charge is 0.396 e. The number of hydrogen-bond acceptors (Lipinski definition) is 2. The topological polar surface area (TPSA) is 52.0 Å². The third-order valence-electron chi connectivity index (χ3n) is 2.02. The Hall–Kier alpha value is -1.74. The van der Waals surface area contributed by atoms with Gasteiger partial charge in [0.2, 0.25) is 0 Å². The van der Waals surface area contributed by atoms with Crippen molar-refractivity contribution in [3.63, 3.8) is 0 Å². The second kappa shape index (κ2) is 3.89. The summed E-state index contributed by atoms with van der Waals surface area (Å²) in [6.45, 7) is 0. The molecular weight excluding hydrogens is 276 g/mol. The van der Waals surface area contributed by atoms with Crippen LogP contribution in [0.25, 0.3) is 0 Å². The summed E-state index contributed by atoms with van der Waals surface area (Å²) in [6, 6.07) is 0. The van der Waals surface area contributed by atoms with E-state index in [0.717, 1.165) is 0 Å². The second-order valence-corrected chi connectivity index (χ2v) is 3.20. The molecule has 102 valence electrons. The predicted molar refractivity (Wildman–Crippen MR) is 45.2 cm³/mol. The largest absolute Gasteiger partial charge is 0.421 e. The van der Waals surface area contributed by atoms with E-state index in [4.69, 9.17) is 0 Å². The van der Waals surface area contributed by atoms with E-state index in [1.807, 2.05) is 0 Å². The van der Waals surface area contributed by atoms with E-state index in [9.17, 15) is 35.1 Å². The van der Waals surface area contributed by atoms with Gasteiger partial charge < -0.3 is 11.5 Å². The molecule has 0 heterocycles. The van der Waals surface area contributed by atoms with E-state index in [2.05, 4.69) is 11.5 Å². The zero-order valence-electron chi connectivity index (χ0n) is 8.18. The molecule has 18 heavy (non-hydrogen) atoms. The first-order chi connectivity index (χ1) is 7.89. The highest BCUT2D eigenvalue weighted by molar-refractivity contribution is 5.64. The molecule has 0 aliphatic rings. The third-order valence-corrected chi connectivity index (χ3v) is 2.02. The van der Waals surface area contributed by atoms with Crippen LogP contribution in [0.5, 0.6) is 0 Å². The van der Waals surface area contributed by atoms with Gasteiger partial charge in [0.25, 0.3) is 0 Å². The molecule has 0 spiro atoms. The molecule has 0 saturated heterocycles. The fourth-order valence-corrected chi connectivity index (χ4v) is 1.28. The number of alkyl halides is 6. The van der Waals surface area contributed by atoms with E-state index < -0.39 is 46.5 Å². The van der Waals surface area contributed by atoms with E-state index in [1.165, 1.54) is 0 Å². The summed E-state index contributed by atoms with van der Waals surface area (Å²) in [5, 5.41) is 0. The second-order valence-electron chi connectivity index (χ2n) is 3.20. The van der Waals surface area contributed by atoms with Gasteiger partial charge in [-0.25, -0.2) is 8.78 Å². The van der Waals surface area contributed by atoms with Crippen molar-refractivity contribution < 1.29 is 35.1 Å². The number of rotatable bonds is 0. The van der Waals surface area contributed by atoms with Crippen LogP contribution in [-0.2, 0) is 12.4 Å². The maximum Gasteiger partial charge on any atom is 0.421 e. The molecule has 0 amide bonds. The molecule has 10 heteroatoms. The maximum absolute atomic E-state index is 13.1. The Balaban J connectivity index is 3.79. The summed E-state index contributed by atoms with van der Waals surface area (Å²) in [4.78, 5) is 0. The number of hydrogen-bond donors (Lipinski definition) is 2. The molecule has 1 aromatic carbocycles. The van der Waals surface area contributed by atoms with E-state index in [0.29, 0.717) is 0 Å². The number of nitrogen functional groups attached to an aromatic ring is 2. The van der Waals surface area contributed by atoms with E-state index in [1.54, 1.807) is 0 Å². The van der Waals surface area contributed by atoms with Gasteiger partial charge in [-0.3, -0.25) is 0 Å². The molecule has 0 aromatic heterocycles. The molecule has 2 nitrogen and oxygen atoms in total. The Morgan fingerprint density at radius 2 is 0.833 bits per heavy atom. The molecule has 0 aliphatic heterocycles. The summed E-state index contributed by atoms with van der Waals surface area (Å²) in [7, 11) is 0. The summed E-state index contributed by atoms with van der Waals surface area (Å²) in [6.07, 6.45) is -10.9. The van der Waals surface area contributed by atoms with Crippen molar-refractivity contribution >= 4 is 11.4 Å². The van der Waals surface area contributed by atoms with Crippen molar-refractivity contribution in [1.29, 1.82) is 0 Å². The molecule has 0 fully saturated rings. The van der Waals surface area contributed by atoms with Crippen LogP contribution in [0.2, 0.25) is 0 Å². The van der Waals surface area contributed by atoms with Crippen LogP contribution in [-0.4, -0.2) is 0 Å². The molecule has 0 aliphatic carbocycles. The quantitative estimate of drug-likeness (QED) is 0.566. The monoisotopic (exact) mass is 280 g/mol. The highest BCUT2D eigenvalue weighted by atomic mass is 19.4. The van der Waals surface area contributed by atoms with Crippen LogP contribution in [0.1, 0.15) is 11.1 Å². The van der Waals surface area contributed by atoms with Gasteiger partial charge in [-0.1, -0.05) is 0 Å². The SMILES string of the molecule is Nc1c(F)c(C(F)(F)F)c(N)c(F)c1C(F)(F)F. The summed E-state index contributed by atoms with van der Waals surface area (Å²) in [5.74, 6) is -4.90.